The van der Waals surface area contributed by atoms with Crippen LogP contribution in [0.5, 0.6) is 5.75 Å². The highest BCUT2D eigenvalue weighted by molar-refractivity contribution is 5.74. The summed E-state index contributed by atoms with van der Waals surface area (Å²) < 4.78 is 8.58. The molecule has 3 aromatic rings. The summed E-state index contributed by atoms with van der Waals surface area (Å²) in [6, 6.07) is 7.70. The maximum Gasteiger partial charge on any atom is 0.329 e. The molecule has 3 rings (SSSR count). The number of hydrogen-bond acceptors (Lipinski definition) is 6. The van der Waals surface area contributed by atoms with Crippen molar-refractivity contribution in [2.24, 2.45) is 7.05 Å². The van der Waals surface area contributed by atoms with Crippen molar-refractivity contribution in [3.8, 4) is 5.75 Å². The highest BCUT2D eigenvalue weighted by Gasteiger charge is 2.20. The number of hydrogen-bond donors (Lipinski definition) is 2. The fraction of sp³-hybridized carbons (Fsp3) is 0.421. The molecule has 0 bridgehead atoms. The van der Waals surface area contributed by atoms with E-state index in [-0.39, 0.29) is 24.3 Å². The number of benzene rings is 1. The van der Waals surface area contributed by atoms with E-state index in [4.69, 9.17) is 4.74 Å². The summed E-state index contributed by atoms with van der Waals surface area (Å²) in [5, 5.41) is 10.5. The molecule has 9 heteroatoms. The fourth-order valence-corrected chi connectivity index (χ4v) is 3.05. The zero-order valence-electron chi connectivity index (χ0n) is 16.5. The van der Waals surface area contributed by atoms with Gasteiger partial charge < -0.3 is 19.3 Å². The second-order valence-corrected chi connectivity index (χ2v) is 6.87. The minimum atomic E-state index is -0.877. The molecular weight excluding hydrogens is 362 g/mol. The van der Waals surface area contributed by atoms with Crippen molar-refractivity contribution < 1.29 is 9.84 Å². The molecule has 2 heterocycles. The second-order valence-electron chi connectivity index (χ2n) is 6.87. The Morgan fingerprint density at radius 1 is 1.32 bits per heavy atom. The number of aliphatic hydroxyl groups excluding tert-OH is 1. The van der Waals surface area contributed by atoms with E-state index in [9.17, 15) is 14.7 Å². The lowest BCUT2D eigenvalue weighted by atomic mass is 10.2. The quantitative estimate of drug-likeness (QED) is 0.611. The van der Waals surface area contributed by atoms with Gasteiger partial charge in [-0.3, -0.25) is 14.3 Å². The summed E-state index contributed by atoms with van der Waals surface area (Å²) >= 11 is 0. The van der Waals surface area contributed by atoms with Crippen molar-refractivity contribution in [3.63, 3.8) is 0 Å². The van der Waals surface area contributed by atoms with Crippen molar-refractivity contribution in [1.29, 1.82) is 0 Å². The van der Waals surface area contributed by atoms with E-state index in [0.717, 1.165) is 12.0 Å². The first-order chi connectivity index (χ1) is 13.3. The van der Waals surface area contributed by atoms with Gasteiger partial charge in [-0.05, 0) is 24.1 Å². The molecule has 0 spiro atoms. The molecule has 150 valence electrons. The lowest BCUT2D eigenvalue weighted by molar-refractivity contribution is 0.0936. The van der Waals surface area contributed by atoms with Crippen LogP contribution in [-0.4, -0.2) is 51.0 Å². The van der Waals surface area contributed by atoms with Crippen LogP contribution in [-0.2, 0) is 20.0 Å². The molecule has 0 aliphatic carbocycles. The van der Waals surface area contributed by atoms with Crippen LogP contribution < -0.4 is 20.9 Å². The number of anilines is 1. The summed E-state index contributed by atoms with van der Waals surface area (Å²) in [4.78, 5) is 32.6. The van der Waals surface area contributed by atoms with Crippen molar-refractivity contribution in [1.82, 2.24) is 19.1 Å². The number of aromatic nitrogens is 4. The first-order valence-corrected chi connectivity index (χ1v) is 9.08. The van der Waals surface area contributed by atoms with Gasteiger partial charge in [0.25, 0.3) is 5.56 Å². The van der Waals surface area contributed by atoms with Crippen molar-refractivity contribution in [2.75, 3.05) is 25.6 Å². The van der Waals surface area contributed by atoms with Gasteiger partial charge in [-0.2, -0.15) is 4.98 Å². The van der Waals surface area contributed by atoms with Crippen LogP contribution in [0.15, 0.2) is 33.9 Å². The number of imidazole rings is 1. The van der Waals surface area contributed by atoms with Crippen LogP contribution in [0.3, 0.4) is 0 Å². The Morgan fingerprint density at radius 2 is 2.07 bits per heavy atom. The minimum Gasteiger partial charge on any atom is -0.491 e. The van der Waals surface area contributed by atoms with Crippen LogP contribution in [0.4, 0.5) is 5.95 Å². The number of aliphatic hydroxyl groups is 1. The van der Waals surface area contributed by atoms with Crippen LogP contribution in [0.1, 0.15) is 12.5 Å². The van der Waals surface area contributed by atoms with Gasteiger partial charge in [-0.15, -0.1) is 0 Å². The summed E-state index contributed by atoms with van der Waals surface area (Å²) in [7, 11) is 5.10. The third-order valence-electron chi connectivity index (χ3n) is 4.53. The molecule has 9 nitrogen and oxygen atoms in total. The fourth-order valence-electron chi connectivity index (χ4n) is 3.05. The molecule has 1 unspecified atom stereocenters. The van der Waals surface area contributed by atoms with Crippen LogP contribution in [0, 0.1) is 0 Å². The molecular formula is C19H25N5O4. The number of ether oxygens (including phenoxy) is 1. The Morgan fingerprint density at radius 3 is 2.75 bits per heavy atom. The predicted octanol–water partition coefficient (Wildman–Crippen LogP) is 0.492. The average molecular weight is 387 g/mol. The maximum atomic E-state index is 12.4. The zero-order chi connectivity index (χ0) is 20.4. The molecule has 0 aliphatic heterocycles. The topological polar surface area (TPSA) is 105 Å². The Balaban J connectivity index is 1.88. The highest BCUT2D eigenvalue weighted by Crippen LogP contribution is 2.19. The minimum absolute atomic E-state index is 0.0589. The van der Waals surface area contributed by atoms with Gasteiger partial charge in [-0.25, -0.2) is 4.79 Å². The first kappa shape index (κ1) is 19.7. The molecule has 2 aromatic heterocycles. The molecule has 0 saturated carbocycles. The molecule has 28 heavy (non-hydrogen) atoms. The number of aryl methyl sites for hydroxylation is 2. The van der Waals surface area contributed by atoms with E-state index in [0.29, 0.717) is 11.7 Å². The molecule has 0 saturated heterocycles. The van der Waals surface area contributed by atoms with Gasteiger partial charge in [0.1, 0.15) is 18.5 Å². The number of nitrogens with zero attached hydrogens (tertiary/aromatic N) is 4. The molecule has 0 fully saturated rings. The lowest BCUT2D eigenvalue weighted by Crippen LogP contribution is -2.31. The van der Waals surface area contributed by atoms with Gasteiger partial charge in [0.15, 0.2) is 11.2 Å². The first-order valence-electron chi connectivity index (χ1n) is 9.08. The number of rotatable bonds is 7. The number of fused-ring (bicyclic) bond motifs is 1. The number of H-pyrrole nitrogens is 1. The Kier molecular flexibility index (Phi) is 5.55. The third-order valence-corrected chi connectivity index (χ3v) is 4.53. The molecule has 2 N–H and O–H groups in total. The average Bonchev–Trinajstić information content (AvgIpc) is 3.05. The summed E-state index contributed by atoms with van der Waals surface area (Å²) in [5.74, 6) is 1.15. The van der Waals surface area contributed by atoms with E-state index in [1.807, 2.05) is 24.3 Å². The number of nitrogens with one attached hydrogen (secondary N) is 1. The molecule has 1 aromatic carbocycles. The van der Waals surface area contributed by atoms with Crippen molar-refractivity contribution >= 4 is 17.1 Å². The summed E-state index contributed by atoms with van der Waals surface area (Å²) in [5.41, 5.74) is 0.573. The van der Waals surface area contributed by atoms with E-state index in [1.165, 1.54) is 11.6 Å². The normalized spacial score (nSPS) is 12.3. The lowest BCUT2D eigenvalue weighted by Gasteiger charge is -2.18. The monoisotopic (exact) mass is 387 g/mol. The van der Waals surface area contributed by atoms with Gasteiger partial charge >= 0.3 is 5.69 Å². The summed E-state index contributed by atoms with van der Waals surface area (Å²) in [6.07, 6.45) is 0.0205. The van der Waals surface area contributed by atoms with E-state index in [1.54, 1.807) is 23.6 Å². The van der Waals surface area contributed by atoms with Gasteiger partial charge in [0.05, 0.1) is 6.54 Å². The molecule has 0 radical (unpaired) electrons. The zero-order valence-corrected chi connectivity index (χ0v) is 16.5. The summed E-state index contributed by atoms with van der Waals surface area (Å²) in [6.45, 7) is 2.22. The van der Waals surface area contributed by atoms with E-state index < -0.39 is 17.4 Å². The Hall–Kier alpha value is -3.07. The Labute approximate surface area is 161 Å². The van der Waals surface area contributed by atoms with Crippen LogP contribution in [0.25, 0.3) is 11.2 Å². The van der Waals surface area contributed by atoms with Crippen molar-refractivity contribution in [2.45, 2.75) is 26.0 Å². The number of aromatic amines is 1. The van der Waals surface area contributed by atoms with E-state index in [2.05, 4.69) is 16.9 Å². The van der Waals surface area contributed by atoms with Crippen LogP contribution >= 0.6 is 0 Å². The standard InChI is InChI=1S/C19H25N5O4/c1-5-12-7-6-8-14(9-12)28-11-13(25)10-24-15-16(20-18(24)22(2)3)23(4)19(27)21-17(15)26/h6-9,13,25H,5,10-11H2,1-4H3,(H,21,26,27). The maximum absolute atomic E-state index is 12.4. The Bertz CT molecular complexity index is 1100. The van der Waals surface area contributed by atoms with Gasteiger partial charge in [0, 0.05) is 21.1 Å². The second kappa shape index (κ2) is 7.89. The van der Waals surface area contributed by atoms with Crippen LogP contribution in [0.2, 0.25) is 0 Å². The van der Waals surface area contributed by atoms with E-state index >= 15 is 0 Å². The smallest absolute Gasteiger partial charge is 0.329 e. The third kappa shape index (κ3) is 3.79. The largest absolute Gasteiger partial charge is 0.491 e. The van der Waals surface area contributed by atoms with Gasteiger partial charge in [0.2, 0.25) is 5.95 Å². The van der Waals surface area contributed by atoms with Crippen molar-refractivity contribution in [3.05, 3.63) is 50.7 Å². The highest BCUT2D eigenvalue weighted by atomic mass is 16.5. The molecule has 0 aliphatic rings. The SMILES string of the molecule is CCc1cccc(OCC(O)Cn2c(N(C)C)nc3c2c(=O)[nH]c(=O)n3C)c1. The molecule has 0 amide bonds. The predicted molar refractivity (Wildman–Crippen MR) is 107 cm³/mol. The molecule has 1 atom stereocenters. The van der Waals surface area contributed by atoms with Gasteiger partial charge in [-0.1, -0.05) is 19.1 Å².